The number of rotatable bonds is 3. The fourth-order valence-corrected chi connectivity index (χ4v) is 1.99. The zero-order valence-corrected chi connectivity index (χ0v) is 9.37. The van der Waals surface area contributed by atoms with Gasteiger partial charge in [-0.25, -0.2) is 8.78 Å². The molecule has 5 heteroatoms. The molecule has 0 bridgehead atoms. The first kappa shape index (κ1) is 12.1. The van der Waals surface area contributed by atoms with Crippen LogP contribution in [0.4, 0.5) is 8.78 Å². The van der Waals surface area contributed by atoms with Gasteiger partial charge in [0.25, 0.3) is 0 Å². The fourth-order valence-electron chi connectivity index (χ4n) is 1.99. The summed E-state index contributed by atoms with van der Waals surface area (Å²) in [5.41, 5.74) is -0.471. The van der Waals surface area contributed by atoms with Gasteiger partial charge in [0.05, 0.1) is 17.7 Å². The molecule has 1 N–H and O–H groups in total. The van der Waals surface area contributed by atoms with Crippen LogP contribution in [0.3, 0.4) is 0 Å². The van der Waals surface area contributed by atoms with Gasteiger partial charge in [-0.2, -0.15) is 0 Å². The molecule has 2 rings (SSSR count). The maximum Gasteiger partial charge on any atom is 0.185 e. The quantitative estimate of drug-likeness (QED) is 0.815. The van der Waals surface area contributed by atoms with Crippen molar-refractivity contribution in [1.82, 2.24) is 5.32 Å². The fraction of sp³-hybridized carbons (Fsp3) is 0.417. The average Bonchev–Trinajstić information content (AvgIpc) is 2.77. The topological polar surface area (TPSA) is 38.3 Å². The second kappa shape index (κ2) is 4.89. The van der Waals surface area contributed by atoms with Crippen molar-refractivity contribution in [3.05, 3.63) is 35.4 Å². The van der Waals surface area contributed by atoms with Gasteiger partial charge in [0, 0.05) is 13.7 Å². The van der Waals surface area contributed by atoms with E-state index in [2.05, 4.69) is 5.32 Å². The second-order valence-electron chi connectivity index (χ2n) is 4.02. The van der Waals surface area contributed by atoms with Gasteiger partial charge >= 0.3 is 0 Å². The van der Waals surface area contributed by atoms with Crippen molar-refractivity contribution in [2.45, 2.75) is 18.6 Å². The molecule has 92 valence electrons. The van der Waals surface area contributed by atoms with E-state index in [-0.39, 0.29) is 6.10 Å². The van der Waals surface area contributed by atoms with E-state index in [4.69, 9.17) is 4.74 Å². The van der Waals surface area contributed by atoms with Crippen LogP contribution in [-0.2, 0) is 4.74 Å². The molecular formula is C12H13F2NO2. The lowest BCUT2D eigenvalue weighted by molar-refractivity contribution is 0.0911. The first-order valence-electron chi connectivity index (χ1n) is 5.38. The Bertz CT molecular complexity index is 416. The molecule has 2 atom stereocenters. The molecule has 0 amide bonds. The van der Waals surface area contributed by atoms with Gasteiger partial charge < -0.3 is 10.1 Å². The summed E-state index contributed by atoms with van der Waals surface area (Å²) in [5, 5.41) is 2.90. The molecule has 1 aliphatic rings. The lowest BCUT2D eigenvalue weighted by Crippen LogP contribution is -2.32. The van der Waals surface area contributed by atoms with Crippen LogP contribution in [0.15, 0.2) is 18.2 Å². The minimum atomic E-state index is -0.822. The lowest BCUT2D eigenvalue weighted by atomic mass is 10.0. The molecule has 0 aliphatic carbocycles. The van der Waals surface area contributed by atoms with E-state index in [0.717, 1.165) is 12.1 Å². The first-order valence-corrected chi connectivity index (χ1v) is 5.38. The van der Waals surface area contributed by atoms with Crippen LogP contribution < -0.4 is 5.32 Å². The smallest absolute Gasteiger partial charge is 0.185 e. The molecule has 1 aliphatic heterocycles. The van der Waals surface area contributed by atoms with E-state index in [1.165, 1.54) is 6.07 Å². The zero-order valence-electron chi connectivity index (χ0n) is 9.37. The highest BCUT2D eigenvalue weighted by Crippen LogP contribution is 2.19. The van der Waals surface area contributed by atoms with E-state index in [1.54, 1.807) is 7.11 Å². The number of hydrogen-bond donors (Lipinski definition) is 1. The van der Waals surface area contributed by atoms with Crippen LogP contribution in [0.25, 0.3) is 0 Å². The molecular weight excluding hydrogens is 228 g/mol. The number of nitrogens with one attached hydrogen (secondary N) is 1. The molecule has 1 aromatic rings. The van der Waals surface area contributed by atoms with Gasteiger partial charge in [-0.15, -0.1) is 0 Å². The summed E-state index contributed by atoms with van der Waals surface area (Å²) >= 11 is 0. The molecule has 0 radical (unpaired) electrons. The Hall–Kier alpha value is -1.33. The minimum Gasteiger partial charge on any atom is -0.380 e. The van der Waals surface area contributed by atoms with Gasteiger partial charge in [-0.3, -0.25) is 4.79 Å². The summed E-state index contributed by atoms with van der Waals surface area (Å²) in [6.45, 7) is 0.517. The van der Waals surface area contributed by atoms with Crippen LogP contribution in [0.1, 0.15) is 16.8 Å². The number of benzene rings is 1. The average molecular weight is 241 g/mol. The Morgan fingerprint density at radius 2 is 2.06 bits per heavy atom. The van der Waals surface area contributed by atoms with Crippen LogP contribution in [0.5, 0.6) is 0 Å². The van der Waals surface area contributed by atoms with Crippen LogP contribution in [0.2, 0.25) is 0 Å². The molecule has 1 heterocycles. The molecule has 3 nitrogen and oxygen atoms in total. The monoisotopic (exact) mass is 241 g/mol. The van der Waals surface area contributed by atoms with E-state index in [1.807, 2.05) is 0 Å². The predicted octanol–water partition coefficient (Wildman–Crippen LogP) is 1.52. The molecule has 1 aromatic carbocycles. The lowest BCUT2D eigenvalue weighted by Gasteiger charge is -2.10. The Labute approximate surface area is 97.8 Å². The van der Waals surface area contributed by atoms with E-state index in [0.29, 0.717) is 13.0 Å². The standard InChI is InChI=1S/C12H13F2NO2/c1-17-7-5-10(15-6-7)12(16)11-8(13)3-2-4-9(11)14/h2-4,7,10,15H,5-6H2,1H3. The van der Waals surface area contributed by atoms with Gasteiger partial charge in [0.1, 0.15) is 11.6 Å². The summed E-state index contributed by atoms with van der Waals surface area (Å²) in [5.74, 6) is -2.20. The van der Waals surface area contributed by atoms with Crippen molar-refractivity contribution < 1.29 is 18.3 Å². The molecule has 0 saturated carbocycles. The summed E-state index contributed by atoms with van der Waals surface area (Å²) in [4.78, 5) is 12.0. The van der Waals surface area contributed by atoms with Crippen molar-refractivity contribution in [3.8, 4) is 0 Å². The van der Waals surface area contributed by atoms with Crippen molar-refractivity contribution in [2.24, 2.45) is 0 Å². The third-order valence-corrected chi connectivity index (χ3v) is 2.95. The van der Waals surface area contributed by atoms with Gasteiger partial charge in [0.15, 0.2) is 5.78 Å². The van der Waals surface area contributed by atoms with Crippen molar-refractivity contribution >= 4 is 5.78 Å². The molecule has 1 saturated heterocycles. The number of carbonyl (C=O) groups excluding carboxylic acids is 1. The maximum atomic E-state index is 13.4. The van der Waals surface area contributed by atoms with Crippen molar-refractivity contribution in [3.63, 3.8) is 0 Å². The van der Waals surface area contributed by atoms with Gasteiger partial charge in [-0.1, -0.05) is 6.07 Å². The number of ketones is 1. The highest BCUT2D eigenvalue weighted by molar-refractivity contribution is 6.00. The normalized spacial score (nSPS) is 23.9. The first-order chi connectivity index (χ1) is 8.13. The maximum absolute atomic E-state index is 13.4. The van der Waals surface area contributed by atoms with Crippen LogP contribution >= 0.6 is 0 Å². The Morgan fingerprint density at radius 3 is 2.59 bits per heavy atom. The summed E-state index contributed by atoms with van der Waals surface area (Å²) < 4.78 is 31.9. The second-order valence-corrected chi connectivity index (χ2v) is 4.02. The molecule has 2 unspecified atom stereocenters. The largest absolute Gasteiger partial charge is 0.380 e. The highest BCUT2D eigenvalue weighted by Gasteiger charge is 2.32. The number of Topliss-reactive ketones (excluding diaryl/α,β-unsaturated/α-hetero) is 1. The Balaban J connectivity index is 2.21. The van der Waals surface area contributed by atoms with Gasteiger partial charge in [0.2, 0.25) is 0 Å². The highest BCUT2D eigenvalue weighted by atomic mass is 19.1. The minimum absolute atomic E-state index is 0.0845. The van der Waals surface area contributed by atoms with E-state index in [9.17, 15) is 13.6 Å². The Kier molecular flexibility index (Phi) is 3.49. The Morgan fingerprint density at radius 1 is 1.41 bits per heavy atom. The van der Waals surface area contributed by atoms with Crippen molar-refractivity contribution in [2.75, 3.05) is 13.7 Å². The summed E-state index contributed by atoms with van der Waals surface area (Å²) in [6, 6.07) is 2.82. The summed E-state index contributed by atoms with van der Waals surface area (Å²) in [6.07, 6.45) is 0.349. The third-order valence-electron chi connectivity index (χ3n) is 2.95. The van der Waals surface area contributed by atoms with Crippen LogP contribution in [-0.4, -0.2) is 31.6 Å². The number of methoxy groups -OCH3 is 1. The van der Waals surface area contributed by atoms with Crippen molar-refractivity contribution in [1.29, 1.82) is 0 Å². The molecule has 0 spiro atoms. The third kappa shape index (κ3) is 2.35. The van der Waals surface area contributed by atoms with E-state index < -0.39 is 29.0 Å². The number of ether oxygens (including phenoxy) is 1. The zero-order chi connectivity index (χ0) is 12.4. The number of hydrogen-bond acceptors (Lipinski definition) is 3. The molecule has 1 fully saturated rings. The molecule has 17 heavy (non-hydrogen) atoms. The van der Waals surface area contributed by atoms with E-state index >= 15 is 0 Å². The predicted molar refractivity (Wildman–Crippen MR) is 57.9 cm³/mol. The SMILES string of the molecule is COC1CNC(C(=O)c2c(F)cccc2F)C1. The van der Waals surface area contributed by atoms with Gasteiger partial charge in [-0.05, 0) is 18.6 Å². The summed E-state index contributed by atoms with van der Waals surface area (Å²) in [7, 11) is 1.54. The number of carbonyl (C=O) groups is 1. The number of halogens is 2. The molecule has 0 aromatic heterocycles. The van der Waals surface area contributed by atoms with Crippen LogP contribution in [0, 0.1) is 11.6 Å².